The van der Waals surface area contributed by atoms with Crippen LogP contribution >= 0.6 is 0 Å². The van der Waals surface area contributed by atoms with Crippen molar-refractivity contribution in [3.8, 4) is 17.0 Å². The molecule has 0 bridgehead atoms. The quantitative estimate of drug-likeness (QED) is 0.711. The van der Waals surface area contributed by atoms with Crippen molar-refractivity contribution in [1.82, 2.24) is 25.0 Å². The van der Waals surface area contributed by atoms with Gasteiger partial charge in [0, 0.05) is 37.6 Å². The standard InChI is InChI=1S/C17H18N6O3/c1-22(2)17-18-8-11(9-19-17)10-23-15(14(16(24)25)20-21-23)12-4-6-13(26-3)7-5-12/h4-9H,10H2,1-3H3,(H,24,25). The molecular formula is C17H18N6O3. The molecule has 0 radical (unpaired) electrons. The van der Waals surface area contributed by atoms with E-state index in [-0.39, 0.29) is 5.69 Å². The summed E-state index contributed by atoms with van der Waals surface area (Å²) in [6, 6.07) is 7.05. The molecule has 0 atom stereocenters. The third-order valence-electron chi connectivity index (χ3n) is 3.73. The number of aromatic nitrogens is 5. The molecule has 0 aliphatic carbocycles. The second kappa shape index (κ2) is 7.18. The molecule has 9 nitrogen and oxygen atoms in total. The lowest BCUT2D eigenvalue weighted by atomic mass is 10.1. The highest BCUT2D eigenvalue weighted by atomic mass is 16.5. The van der Waals surface area contributed by atoms with Crippen molar-refractivity contribution in [2.24, 2.45) is 0 Å². The Balaban J connectivity index is 1.97. The molecule has 3 rings (SSSR count). The van der Waals surface area contributed by atoms with E-state index in [1.807, 2.05) is 14.1 Å². The van der Waals surface area contributed by atoms with Crippen LogP contribution < -0.4 is 9.64 Å². The average Bonchev–Trinajstić information content (AvgIpc) is 3.06. The smallest absolute Gasteiger partial charge is 0.358 e. The Morgan fingerprint density at radius 3 is 2.38 bits per heavy atom. The fraction of sp³-hybridized carbons (Fsp3) is 0.235. The van der Waals surface area contributed by atoms with Crippen LogP contribution in [-0.2, 0) is 6.54 Å². The summed E-state index contributed by atoms with van der Waals surface area (Å²) in [7, 11) is 5.28. The summed E-state index contributed by atoms with van der Waals surface area (Å²) in [5.41, 5.74) is 1.77. The van der Waals surface area contributed by atoms with E-state index >= 15 is 0 Å². The molecule has 3 aromatic rings. The highest BCUT2D eigenvalue weighted by Gasteiger charge is 2.21. The molecule has 134 valence electrons. The number of carbonyl (C=O) groups is 1. The summed E-state index contributed by atoms with van der Waals surface area (Å²) < 4.78 is 6.67. The van der Waals surface area contributed by atoms with Crippen LogP contribution in [0.5, 0.6) is 5.75 Å². The zero-order chi connectivity index (χ0) is 18.7. The monoisotopic (exact) mass is 354 g/mol. The Bertz CT molecular complexity index is 903. The van der Waals surface area contributed by atoms with Crippen LogP contribution in [0.4, 0.5) is 5.95 Å². The number of hydrogen-bond acceptors (Lipinski definition) is 7. The van der Waals surface area contributed by atoms with E-state index < -0.39 is 5.97 Å². The van der Waals surface area contributed by atoms with E-state index in [0.29, 0.717) is 29.5 Å². The van der Waals surface area contributed by atoms with Crippen molar-refractivity contribution < 1.29 is 14.6 Å². The topological polar surface area (TPSA) is 106 Å². The van der Waals surface area contributed by atoms with E-state index in [0.717, 1.165) is 5.56 Å². The number of carboxylic acids is 1. The van der Waals surface area contributed by atoms with Crippen molar-refractivity contribution in [3.63, 3.8) is 0 Å². The summed E-state index contributed by atoms with van der Waals surface area (Å²) in [5.74, 6) is 0.132. The number of carboxylic acid groups (broad SMARTS) is 1. The molecule has 0 unspecified atom stereocenters. The Hall–Kier alpha value is -3.49. The molecule has 9 heteroatoms. The summed E-state index contributed by atoms with van der Waals surface area (Å²) in [4.78, 5) is 21.9. The first kappa shape index (κ1) is 17.3. The van der Waals surface area contributed by atoms with Gasteiger partial charge in [-0.05, 0) is 24.3 Å². The predicted molar refractivity (Wildman–Crippen MR) is 94.4 cm³/mol. The van der Waals surface area contributed by atoms with Gasteiger partial charge in [-0.1, -0.05) is 5.21 Å². The van der Waals surface area contributed by atoms with Crippen LogP contribution in [0.15, 0.2) is 36.7 Å². The lowest BCUT2D eigenvalue weighted by Crippen LogP contribution is -2.13. The van der Waals surface area contributed by atoms with Crippen LogP contribution in [0.1, 0.15) is 16.1 Å². The molecule has 0 amide bonds. The maximum Gasteiger partial charge on any atom is 0.358 e. The van der Waals surface area contributed by atoms with Gasteiger partial charge in [0.1, 0.15) is 11.4 Å². The maximum absolute atomic E-state index is 11.5. The molecule has 1 aromatic carbocycles. The molecule has 0 saturated heterocycles. The first-order valence-corrected chi connectivity index (χ1v) is 7.79. The highest BCUT2D eigenvalue weighted by Crippen LogP contribution is 2.25. The number of methoxy groups -OCH3 is 1. The zero-order valence-corrected chi connectivity index (χ0v) is 14.6. The van der Waals surface area contributed by atoms with E-state index in [9.17, 15) is 9.90 Å². The van der Waals surface area contributed by atoms with Crippen LogP contribution in [0.2, 0.25) is 0 Å². The Labute approximate surface area is 149 Å². The molecule has 0 aliphatic rings. The van der Waals surface area contributed by atoms with E-state index in [4.69, 9.17) is 4.74 Å². The van der Waals surface area contributed by atoms with E-state index in [1.54, 1.807) is 48.7 Å². The second-order valence-corrected chi connectivity index (χ2v) is 5.76. The van der Waals surface area contributed by atoms with Crippen LogP contribution in [-0.4, -0.2) is 57.2 Å². The molecular weight excluding hydrogens is 336 g/mol. The van der Waals surface area contributed by atoms with E-state index in [1.165, 1.54) is 4.68 Å². The van der Waals surface area contributed by atoms with Crippen molar-refractivity contribution in [1.29, 1.82) is 0 Å². The molecule has 0 saturated carbocycles. The number of ether oxygens (including phenoxy) is 1. The van der Waals surface area contributed by atoms with E-state index in [2.05, 4.69) is 20.3 Å². The predicted octanol–water partition coefficient (Wildman–Crippen LogP) is 1.56. The number of hydrogen-bond donors (Lipinski definition) is 1. The van der Waals surface area contributed by atoms with Crippen molar-refractivity contribution in [2.75, 3.05) is 26.1 Å². The molecule has 0 spiro atoms. The molecule has 26 heavy (non-hydrogen) atoms. The van der Waals surface area contributed by atoms with Gasteiger partial charge in [-0.2, -0.15) is 0 Å². The number of rotatable bonds is 6. The normalized spacial score (nSPS) is 10.6. The van der Waals surface area contributed by atoms with Crippen LogP contribution in [0.3, 0.4) is 0 Å². The fourth-order valence-electron chi connectivity index (χ4n) is 2.44. The molecule has 2 aromatic heterocycles. The van der Waals surface area contributed by atoms with Gasteiger partial charge in [-0.25, -0.2) is 19.4 Å². The number of anilines is 1. The highest BCUT2D eigenvalue weighted by molar-refractivity contribution is 5.92. The largest absolute Gasteiger partial charge is 0.497 e. The minimum atomic E-state index is -1.14. The fourth-order valence-corrected chi connectivity index (χ4v) is 2.44. The van der Waals surface area contributed by atoms with Gasteiger partial charge in [-0.15, -0.1) is 5.10 Å². The second-order valence-electron chi connectivity index (χ2n) is 5.76. The molecule has 0 fully saturated rings. The molecule has 2 heterocycles. The summed E-state index contributed by atoms with van der Waals surface area (Å²) in [5, 5.41) is 17.2. The van der Waals surface area contributed by atoms with Gasteiger partial charge in [0.25, 0.3) is 0 Å². The van der Waals surface area contributed by atoms with Gasteiger partial charge in [0.05, 0.1) is 13.7 Å². The SMILES string of the molecule is COc1ccc(-c2c(C(=O)O)nnn2Cc2cnc(N(C)C)nc2)cc1. The Morgan fingerprint density at radius 2 is 1.85 bits per heavy atom. The summed E-state index contributed by atoms with van der Waals surface area (Å²) in [6.07, 6.45) is 3.37. The molecule has 1 N–H and O–H groups in total. The Morgan fingerprint density at radius 1 is 1.19 bits per heavy atom. The van der Waals surface area contributed by atoms with Crippen molar-refractivity contribution >= 4 is 11.9 Å². The zero-order valence-electron chi connectivity index (χ0n) is 14.6. The Kier molecular flexibility index (Phi) is 4.78. The lowest BCUT2D eigenvalue weighted by Gasteiger charge is -2.11. The summed E-state index contributed by atoms with van der Waals surface area (Å²) in [6.45, 7) is 0.301. The van der Waals surface area contributed by atoms with Crippen molar-refractivity contribution in [2.45, 2.75) is 6.54 Å². The number of benzene rings is 1. The first-order chi connectivity index (χ1) is 12.5. The first-order valence-electron chi connectivity index (χ1n) is 7.79. The number of nitrogens with zero attached hydrogens (tertiary/aromatic N) is 6. The van der Waals surface area contributed by atoms with Crippen LogP contribution in [0, 0.1) is 0 Å². The molecule has 0 aliphatic heterocycles. The lowest BCUT2D eigenvalue weighted by molar-refractivity contribution is 0.0691. The third kappa shape index (κ3) is 3.46. The summed E-state index contributed by atoms with van der Waals surface area (Å²) >= 11 is 0. The van der Waals surface area contributed by atoms with Gasteiger partial charge < -0.3 is 14.7 Å². The average molecular weight is 354 g/mol. The van der Waals surface area contributed by atoms with Gasteiger partial charge in [0.2, 0.25) is 5.95 Å². The minimum Gasteiger partial charge on any atom is -0.497 e. The minimum absolute atomic E-state index is 0.110. The van der Waals surface area contributed by atoms with Gasteiger partial charge in [-0.3, -0.25) is 0 Å². The van der Waals surface area contributed by atoms with Gasteiger partial charge >= 0.3 is 5.97 Å². The van der Waals surface area contributed by atoms with Gasteiger partial charge in [0.15, 0.2) is 5.69 Å². The maximum atomic E-state index is 11.5. The number of aromatic carboxylic acids is 1. The van der Waals surface area contributed by atoms with Crippen LogP contribution in [0.25, 0.3) is 11.3 Å². The van der Waals surface area contributed by atoms with Crippen molar-refractivity contribution in [3.05, 3.63) is 47.9 Å². The third-order valence-corrected chi connectivity index (χ3v) is 3.73.